The molecule has 114 valence electrons. The highest BCUT2D eigenvalue weighted by atomic mass is 32.2. The summed E-state index contributed by atoms with van der Waals surface area (Å²) in [5.74, 6) is -0.792. The molecule has 0 saturated heterocycles. The summed E-state index contributed by atoms with van der Waals surface area (Å²) in [6, 6.07) is 16.3. The SMILES string of the molecule is Oc1cc(F)c([S+]2c3ccccc3Oc3ccccc32)c(F)c1. The number of phenolic OH excluding ortho intramolecular Hbond substituents is 1. The lowest BCUT2D eigenvalue weighted by molar-refractivity contribution is 0.447. The van der Waals surface area contributed by atoms with E-state index in [0.717, 1.165) is 21.9 Å². The molecule has 5 heteroatoms. The summed E-state index contributed by atoms with van der Waals surface area (Å²) in [5.41, 5.74) is 0. The Morgan fingerprint density at radius 1 is 0.783 bits per heavy atom. The largest absolute Gasteiger partial charge is 0.508 e. The van der Waals surface area contributed by atoms with Crippen molar-refractivity contribution in [1.29, 1.82) is 0 Å². The van der Waals surface area contributed by atoms with E-state index in [1.54, 1.807) is 24.3 Å². The molecule has 3 aromatic carbocycles. The third-order valence-corrected chi connectivity index (χ3v) is 5.90. The van der Waals surface area contributed by atoms with Crippen molar-refractivity contribution in [2.24, 2.45) is 0 Å². The molecule has 1 heterocycles. The van der Waals surface area contributed by atoms with Crippen LogP contribution in [0.15, 0.2) is 75.4 Å². The van der Waals surface area contributed by atoms with Gasteiger partial charge < -0.3 is 9.84 Å². The van der Waals surface area contributed by atoms with Crippen molar-refractivity contribution in [3.63, 3.8) is 0 Å². The van der Waals surface area contributed by atoms with Gasteiger partial charge in [-0.15, -0.1) is 0 Å². The predicted molar refractivity (Wildman–Crippen MR) is 83.1 cm³/mol. The number of fused-ring (bicyclic) bond motifs is 2. The fraction of sp³-hybridized carbons (Fsp3) is 0. The summed E-state index contributed by atoms with van der Waals surface area (Å²) in [4.78, 5) is 1.37. The van der Waals surface area contributed by atoms with Crippen LogP contribution >= 0.6 is 0 Å². The fourth-order valence-electron chi connectivity index (χ4n) is 2.60. The zero-order valence-electron chi connectivity index (χ0n) is 11.8. The minimum Gasteiger partial charge on any atom is -0.508 e. The monoisotopic (exact) mass is 329 g/mol. The van der Waals surface area contributed by atoms with E-state index in [-0.39, 0.29) is 4.90 Å². The van der Waals surface area contributed by atoms with Gasteiger partial charge >= 0.3 is 0 Å². The lowest BCUT2D eigenvalue weighted by atomic mass is 10.3. The topological polar surface area (TPSA) is 29.5 Å². The number of aromatic hydroxyl groups is 1. The summed E-state index contributed by atoms with van der Waals surface area (Å²) >= 11 is 0. The molecule has 23 heavy (non-hydrogen) atoms. The number of hydrogen-bond acceptors (Lipinski definition) is 2. The standard InChI is InChI=1S/C18H10F2O2S/c19-12-9-11(21)10-13(20)18(12)23-16-7-3-1-5-14(16)22-15-6-2-4-8-17(15)23/h1-10H/p+1. The lowest BCUT2D eigenvalue weighted by Crippen LogP contribution is -2.15. The van der Waals surface area contributed by atoms with Crippen molar-refractivity contribution in [3.8, 4) is 17.2 Å². The maximum Gasteiger partial charge on any atom is 0.238 e. The third-order valence-electron chi connectivity index (χ3n) is 3.55. The average molecular weight is 329 g/mol. The predicted octanol–water partition coefficient (Wildman–Crippen LogP) is 4.87. The maximum atomic E-state index is 14.4. The molecule has 0 bridgehead atoms. The molecule has 0 spiro atoms. The number of rotatable bonds is 1. The molecule has 0 aromatic heterocycles. The second-order valence-corrected chi connectivity index (χ2v) is 6.94. The van der Waals surface area contributed by atoms with E-state index in [9.17, 15) is 13.9 Å². The number of benzene rings is 3. The molecular formula is C18H11F2O2S+. The minimum atomic E-state index is -0.975. The van der Waals surface area contributed by atoms with Crippen LogP contribution in [0.1, 0.15) is 0 Å². The van der Waals surface area contributed by atoms with Gasteiger partial charge in [-0.25, -0.2) is 8.78 Å². The van der Waals surface area contributed by atoms with E-state index in [1.165, 1.54) is 0 Å². The highest BCUT2D eigenvalue weighted by Crippen LogP contribution is 2.48. The quantitative estimate of drug-likeness (QED) is 0.505. The van der Waals surface area contributed by atoms with Crippen LogP contribution in [-0.2, 0) is 10.9 Å². The number of ether oxygens (including phenoxy) is 1. The molecule has 4 rings (SSSR count). The van der Waals surface area contributed by atoms with Crippen molar-refractivity contribution in [2.45, 2.75) is 14.7 Å². The third kappa shape index (κ3) is 2.24. The first-order valence-corrected chi connectivity index (χ1v) is 8.16. The molecule has 2 nitrogen and oxygen atoms in total. The van der Waals surface area contributed by atoms with Gasteiger partial charge in [-0.2, -0.15) is 0 Å². The molecule has 1 N–H and O–H groups in total. The smallest absolute Gasteiger partial charge is 0.238 e. The first-order valence-electron chi connectivity index (χ1n) is 6.93. The van der Waals surface area contributed by atoms with Gasteiger partial charge in [0.25, 0.3) is 0 Å². The minimum absolute atomic E-state index is 0.0639. The summed E-state index contributed by atoms with van der Waals surface area (Å²) in [5, 5.41) is 9.41. The van der Waals surface area contributed by atoms with Gasteiger partial charge in [0.15, 0.2) is 23.1 Å². The number of phenols is 1. The molecule has 0 amide bonds. The molecule has 1 aliphatic rings. The molecule has 0 saturated carbocycles. The molecule has 0 unspecified atom stereocenters. The molecule has 0 fully saturated rings. The zero-order valence-corrected chi connectivity index (χ0v) is 12.6. The zero-order chi connectivity index (χ0) is 16.0. The Kier molecular flexibility index (Phi) is 3.23. The van der Waals surface area contributed by atoms with Crippen LogP contribution in [0.3, 0.4) is 0 Å². The summed E-state index contributed by atoms with van der Waals surface area (Å²) in [6.45, 7) is 0. The summed E-state index contributed by atoms with van der Waals surface area (Å²) in [7, 11) is -0.975. The van der Waals surface area contributed by atoms with Crippen LogP contribution in [0.5, 0.6) is 17.2 Å². The second-order valence-electron chi connectivity index (χ2n) is 5.04. The van der Waals surface area contributed by atoms with Gasteiger partial charge in [0.2, 0.25) is 14.7 Å². The maximum absolute atomic E-state index is 14.4. The number of para-hydroxylation sites is 2. The number of hydrogen-bond donors (Lipinski definition) is 1. The van der Waals surface area contributed by atoms with E-state index >= 15 is 0 Å². The Labute approximate surface area is 134 Å². The lowest BCUT2D eigenvalue weighted by Gasteiger charge is -2.20. The Bertz CT molecular complexity index is 843. The van der Waals surface area contributed by atoms with Gasteiger partial charge in [-0.1, -0.05) is 24.3 Å². The summed E-state index contributed by atoms with van der Waals surface area (Å²) in [6.07, 6.45) is 0. The molecule has 0 atom stereocenters. The van der Waals surface area contributed by atoms with E-state index in [0.29, 0.717) is 11.5 Å². The van der Waals surface area contributed by atoms with Crippen LogP contribution in [0, 0.1) is 11.6 Å². The van der Waals surface area contributed by atoms with Crippen LogP contribution in [-0.4, -0.2) is 5.11 Å². The van der Waals surface area contributed by atoms with Crippen molar-refractivity contribution in [2.75, 3.05) is 0 Å². The van der Waals surface area contributed by atoms with E-state index in [1.807, 2.05) is 24.3 Å². The molecule has 3 aromatic rings. The van der Waals surface area contributed by atoms with E-state index < -0.39 is 28.3 Å². The molecular weight excluding hydrogens is 318 g/mol. The first kappa shape index (κ1) is 14.1. The van der Waals surface area contributed by atoms with Crippen molar-refractivity contribution < 1.29 is 18.6 Å². The van der Waals surface area contributed by atoms with Gasteiger partial charge in [0.1, 0.15) is 16.6 Å². The summed E-state index contributed by atoms with van der Waals surface area (Å²) < 4.78 is 34.7. The highest BCUT2D eigenvalue weighted by molar-refractivity contribution is 7.97. The van der Waals surface area contributed by atoms with Gasteiger partial charge in [0, 0.05) is 12.1 Å². The fourth-order valence-corrected chi connectivity index (χ4v) is 4.84. The molecule has 1 aliphatic heterocycles. The Hall–Kier alpha value is -2.53. The van der Waals surface area contributed by atoms with Crippen LogP contribution in [0.2, 0.25) is 0 Å². The van der Waals surface area contributed by atoms with Gasteiger partial charge in [-0.3, -0.25) is 0 Å². The Morgan fingerprint density at radius 2 is 1.26 bits per heavy atom. The highest BCUT2D eigenvalue weighted by Gasteiger charge is 2.43. The van der Waals surface area contributed by atoms with Crippen LogP contribution < -0.4 is 4.74 Å². The van der Waals surface area contributed by atoms with Crippen molar-refractivity contribution in [3.05, 3.63) is 72.3 Å². The number of halogens is 2. The first-order chi connectivity index (χ1) is 11.1. The van der Waals surface area contributed by atoms with Crippen molar-refractivity contribution >= 4 is 10.9 Å². The Balaban J connectivity index is 2.02. The van der Waals surface area contributed by atoms with Crippen molar-refractivity contribution in [1.82, 2.24) is 0 Å². The van der Waals surface area contributed by atoms with Gasteiger partial charge in [0.05, 0.1) is 0 Å². The average Bonchev–Trinajstić information content (AvgIpc) is 2.53. The molecule has 0 radical (unpaired) electrons. The van der Waals surface area contributed by atoms with Crippen LogP contribution in [0.4, 0.5) is 8.78 Å². The van der Waals surface area contributed by atoms with E-state index in [2.05, 4.69) is 0 Å². The van der Waals surface area contributed by atoms with E-state index in [4.69, 9.17) is 4.74 Å². The Morgan fingerprint density at radius 3 is 1.78 bits per heavy atom. The molecule has 0 aliphatic carbocycles. The van der Waals surface area contributed by atoms with Crippen LogP contribution in [0.25, 0.3) is 0 Å². The normalized spacial score (nSPS) is 13.1. The second kappa shape index (κ2) is 5.28. The van der Waals surface area contributed by atoms with Gasteiger partial charge in [-0.05, 0) is 24.3 Å².